The van der Waals surface area contributed by atoms with Crippen LogP contribution in [0.25, 0.3) is 0 Å². The molecular formula is C12H11Br2NO4S. The van der Waals surface area contributed by atoms with Crippen LogP contribution in [-0.2, 0) is 23.2 Å². The van der Waals surface area contributed by atoms with Gasteiger partial charge in [-0.15, -0.1) is 0 Å². The standard InChI is InChI=1S/C12H11Br2NO4S/c13-9-3-1-8(2-4-9)6-15-20(17,18)11-5-10(7-16)19-12(11)14/h1-5,15-16H,6-7H2. The molecule has 2 rings (SSSR count). The van der Waals surface area contributed by atoms with E-state index in [1.165, 1.54) is 6.07 Å². The molecule has 2 aromatic rings. The minimum Gasteiger partial charge on any atom is -0.450 e. The van der Waals surface area contributed by atoms with Crippen LogP contribution in [0, 0.1) is 0 Å². The molecule has 108 valence electrons. The second kappa shape index (κ2) is 6.40. The van der Waals surface area contributed by atoms with E-state index in [1.807, 2.05) is 24.3 Å². The third kappa shape index (κ3) is 3.70. The van der Waals surface area contributed by atoms with Gasteiger partial charge in [0.15, 0.2) is 4.67 Å². The van der Waals surface area contributed by atoms with E-state index in [4.69, 9.17) is 9.52 Å². The summed E-state index contributed by atoms with van der Waals surface area (Å²) in [6.45, 7) is -0.192. The van der Waals surface area contributed by atoms with Gasteiger partial charge in [0.05, 0.1) is 0 Å². The quantitative estimate of drug-likeness (QED) is 0.773. The van der Waals surface area contributed by atoms with Gasteiger partial charge in [-0.25, -0.2) is 13.1 Å². The van der Waals surface area contributed by atoms with Gasteiger partial charge in [0.25, 0.3) is 0 Å². The van der Waals surface area contributed by atoms with E-state index >= 15 is 0 Å². The maximum atomic E-state index is 12.1. The summed E-state index contributed by atoms with van der Waals surface area (Å²) in [5.41, 5.74) is 0.832. The molecule has 8 heteroatoms. The molecule has 0 radical (unpaired) electrons. The first-order valence-electron chi connectivity index (χ1n) is 5.55. The first-order chi connectivity index (χ1) is 9.42. The van der Waals surface area contributed by atoms with Crippen LogP contribution in [0.5, 0.6) is 0 Å². The second-order valence-corrected chi connectivity index (χ2v) is 7.33. The maximum Gasteiger partial charge on any atom is 0.245 e. The number of hydrogen-bond acceptors (Lipinski definition) is 4. The van der Waals surface area contributed by atoms with Crippen molar-refractivity contribution in [1.29, 1.82) is 0 Å². The first kappa shape index (κ1) is 15.7. The van der Waals surface area contributed by atoms with Crippen LogP contribution in [0.1, 0.15) is 11.3 Å². The van der Waals surface area contributed by atoms with Crippen LogP contribution in [0.2, 0.25) is 0 Å². The highest BCUT2D eigenvalue weighted by Gasteiger charge is 2.22. The summed E-state index contributed by atoms with van der Waals surface area (Å²) in [5.74, 6) is 0.181. The predicted molar refractivity (Wildman–Crippen MR) is 80.5 cm³/mol. The van der Waals surface area contributed by atoms with Crippen molar-refractivity contribution in [2.45, 2.75) is 18.0 Å². The summed E-state index contributed by atoms with van der Waals surface area (Å²) in [4.78, 5) is -0.0290. The highest BCUT2D eigenvalue weighted by molar-refractivity contribution is 9.10. The lowest BCUT2D eigenvalue weighted by atomic mass is 10.2. The number of furan rings is 1. The Morgan fingerprint density at radius 1 is 1.20 bits per heavy atom. The molecule has 1 heterocycles. The minimum absolute atomic E-state index is 0.0290. The summed E-state index contributed by atoms with van der Waals surface area (Å²) in [6, 6.07) is 8.59. The van der Waals surface area contributed by atoms with Gasteiger partial charge >= 0.3 is 0 Å². The molecule has 0 amide bonds. The van der Waals surface area contributed by atoms with Crippen molar-refractivity contribution >= 4 is 41.9 Å². The molecule has 2 N–H and O–H groups in total. The number of aliphatic hydroxyl groups excluding tert-OH is 1. The van der Waals surface area contributed by atoms with Gasteiger partial charge in [-0.1, -0.05) is 28.1 Å². The molecule has 0 aliphatic carbocycles. The van der Waals surface area contributed by atoms with Crippen molar-refractivity contribution in [3.63, 3.8) is 0 Å². The molecule has 20 heavy (non-hydrogen) atoms. The summed E-state index contributed by atoms with van der Waals surface area (Å²) < 4.78 is 32.8. The van der Waals surface area contributed by atoms with Crippen molar-refractivity contribution in [2.24, 2.45) is 0 Å². The second-order valence-electron chi connectivity index (χ2n) is 3.96. The van der Waals surface area contributed by atoms with E-state index in [0.717, 1.165) is 10.0 Å². The van der Waals surface area contributed by atoms with Crippen molar-refractivity contribution in [1.82, 2.24) is 4.72 Å². The Labute approximate surface area is 133 Å². The predicted octanol–water partition coefficient (Wildman–Crippen LogP) is 2.78. The normalized spacial score (nSPS) is 11.8. The SMILES string of the molecule is O=S(=O)(NCc1ccc(Br)cc1)c1cc(CO)oc1Br. The molecule has 0 aliphatic rings. The van der Waals surface area contributed by atoms with Crippen molar-refractivity contribution < 1.29 is 17.9 Å². The zero-order valence-corrected chi connectivity index (χ0v) is 14.1. The average molecular weight is 425 g/mol. The van der Waals surface area contributed by atoms with Gasteiger partial charge in [0.1, 0.15) is 17.3 Å². The largest absolute Gasteiger partial charge is 0.450 e. The molecule has 0 saturated heterocycles. The van der Waals surface area contributed by atoms with Crippen molar-refractivity contribution in [3.05, 3.63) is 50.8 Å². The Morgan fingerprint density at radius 2 is 1.85 bits per heavy atom. The number of benzene rings is 1. The van der Waals surface area contributed by atoms with Crippen molar-refractivity contribution in [3.8, 4) is 0 Å². The van der Waals surface area contributed by atoms with E-state index in [1.54, 1.807) is 0 Å². The molecule has 1 aromatic carbocycles. The fraction of sp³-hybridized carbons (Fsp3) is 0.167. The Morgan fingerprint density at radius 3 is 2.40 bits per heavy atom. The number of nitrogens with one attached hydrogen (secondary N) is 1. The van der Waals surface area contributed by atoms with Gasteiger partial charge in [-0.05, 0) is 33.6 Å². The molecular weight excluding hydrogens is 414 g/mol. The minimum atomic E-state index is -3.70. The maximum absolute atomic E-state index is 12.1. The highest BCUT2D eigenvalue weighted by Crippen LogP contribution is 2.26. The van der Waals surface area contributed by atoms with Crippen molar-refractivity contribution in [2.75, 3.05) is 0 Å². The smallest absolute Gasteiger partial charge is 0.245 e. The lowest BCUT2D eigenvalue weighted by Crippen LogP contribution is -2.23. The summed E-state index contributed by atoms with van der Waals surface area (Å²) in [5, 5.41) is 8.94. The topological polar surface area (TPSA) is 79.5 Å². The van der Waals surface area contributed by atoms with Crippen LogP contribution >= 0.6 is 31.9 Å². The Bertz CT molecular complexity index is 695. The number of sulfonamides is 1. The van der Waals surface area contributed by atoms with Crippen LogP contribution in [0.15, 0.2) is 48.8 Å². The molecule has 5 nitrogen and oxygen atoms in total. The Kier molecular flexibility index (Phi) is 5.03. The van der Waals surface area contributed by atoms with Gasteiger partial charge in [-0.2, -0.15) is 0 Å². The number of halogens is 2. The van der Waals surface area contributed by atoms with Crippen LogP contribution in [0.4, 0.5) is 0 Å². The fourth-order valence-corrected chi connectivity index (χ4v) is 3.80. The van der Waals surface area contributed by atoms with Gasteiger partial charge < -0.3 is 9.52 Å². The molecule has 0 aliphatic heterocycles. The number of hydrogen-bond donors (Lipinski definition) is 2. The lowest BCUT2D eigenvalue weighted by molar-refractivity contribution is 0.245. The monoisotopic (exact) mass is 423 g/mol. The van der Waals surface area contributed by atoms with Crippen LogP contribution < -0.4 is 4.72 Å². The molecule has 0 spiro atoms. The van der Waals surface area contributed by atoms with Gasteiger partial charge in [0.2, 0.25) is 10.0 Å². The summed E-state index contributed by atoms with van der Waals surface area (Å²) in [7, 11) is -3.70. The van der Waals surface area contributed by atoms with Gasteiger partial charge in [0, 0.05) is 17.1 Å². The van der Waals surface area contributed by atoms with Crippen LogP contribution in [0.3, 0.4) is 0 Å². The van der Waals surface area contributed by atoms with E-state index in [2.05, 4.69) is 36.6 Å². The van der Waals surface area contributed by atoms with Gasteiger partial charge in [-0.3, -0.25) is 0 Å². The van der Waals surface area contributed by atoms with E-state index in [0.29, 0.717) is 0 Å². The molecule has 0 fully saturated rings. The first-order valence-corrected chi connectivity index (χ1v) is 8.62. The lowest BCUT2D eigenvalue weighted by Gasteiger charge is -2.05. The molecule has 0 bridgehead atoms. The van der Waals surface area contributed by atoms with Crippen LogP contribution in [-0.4, -0.2) is 13.5 Å². The Balaban J connectivity index is 2.14. The highest BCUT2D eigenvalue weighted by atomic mass is 79.9. The third-order valence-electron chi connectivity index (χ3n) is 2.53. The van der Waals surface area contributed by atoms with E-state index < -0.39 is 10.0 Å². The van der Waals surface area contributed by atoms with E-state index in [9.17, 15) is 8.42 Å². The number of rotatable bonds is 5. The fourth-order valence-electron chi connectivity index (χ4n) is 1.52. The van der Waals surface area contributed by atoms with E-state index in [-0.39, 0.29) is 28.5 Å². The molecule has 0 unspecified atom stereocenters. The molecule has 0 saturated carbocycles. The zero-order chi connectivity index (χ0) is 14.8. The Hall–Kier alpha value is -0.670. The summed E-state index contributed by atoms with van der Waals surface area (Å²) in [6.07, 6.45) is 0. The zero-order valence-electron chi connectivity index (χ0n) is 10.1. The third-order valence-corrected chi connectivity index (χ3v) is 5.32. The molecule has 0 atom stereocenters. The molecule has 1 aromatic heterocycles. The summed E-state index contributed by atoms with van der Waals surface area (Å²) >= 11 is 6.34. The average Bonchev–Trinajstić information content (AvgIpc) is 2.80. The number of aliphatic hydroxyl groups is 1.